The third kappa shape index (κ3) is 3.31. The van der Waals surface area contributed by atoms with Gasteiger partial charge in [0.05, 0.1) is 12.0 Å². The fraction of sp³-hybridized carbons (Fsp3) is 0.571. The van der Waals surface area contributed by atoms with Crippen molar-refractivity contribution in [3.8, 4) is 5.75 Å². The number of sulfonamides is 1. The highest BCUT2D eigenvalue weighted by Gasteiger charge is 2.33. The zero-order chi connectivity index (χ0) is 14.6. The van der Waals surface area contributed by atoms with Gasteiger partial charge in [-0.25, -0.2) is 13.1 Å². The summed E-state index contributed by atoms with van der Waals surface area (Å²) in [5.41, 5.74) is 5.75. The van der Waals surface area contributed by atoms with Crippen LogP contribution in [-0.2, 0) is 10.0 Å². The second-order valence-corrected chi connectivity index (χ2v) is 7.18. The number of hydrogen-bond acceptors (Lipinski definition) is 4. The first-order valence-corrected chi connectivity index (χ1v) is 8.33. The van der Waals surface area contributed by atoms with E-state index in [0.29, 0.717) is 18.8 Å². The Morgan fingerprint density at radius 3 is 2.35 bits per heavy atom. The van der Waals surface area contributed by atoms with Crippen LogP contribution in [0.15, 0.2) is 29.2 Å². The lowest BCUT2D eigenvalue weighted by atomic mass is 9.87. The van der Waals surface area contributed by atoms with Crippen LogP contribution in [0.2, 0.25) is 0 Å². The summed E-state index contributed by atoms with van der Waals surface area (Å²) in [4.78, 5) is 0.253. The summed E-state index contributed by atoms with van der Waals surface area (Å²) in [6, 6.07) is 6.38. The van der Waals surface area contributed by atoms with Crippen molar-refractivity contribution in [1.29, 1.82) is 0 Å². The third-order valence-corrected chi connectivity index (χ3v) is 5.52. The maximum atomic E-state index is 12.3. The normalized spacial score (nSPS) is 18.1. The van der Waals surface area contributed by atoms with Crippen molar-refractivity contribution in [2.75, 3.05) is 20.2 Å². The Hall–Kier alpha value is -1.11. The van der Waals surface area contributed by atoms with Gasteiger partial charge in [0.1, 0.15) is 5.75 Å². The SMILES string of the molecule is COc1ccc(S(=O)(=O)NCC2(CN)CCCC2)cc1. The van der Waals surface area contributed by atoms with Gasteiger partial charge in [-0.15, -0.1) is 0 Å². The van der Waals surface area contributed by atoms with Crippen LogP contribution < -0.4 is 15.2 Å². The van der Waals surface area contributed by atoms with E-state index >= 15 is 0 Å². The molecule has 0 bridgehead atoms. The molecule has 0 atom stereocenters. The summed E-state index contributed by atoms with van der Waals surface area (Å²) in [5, 5.41) is 0. The maximum absolute atomic E-state index is 12.3. The molecule has 0 aliphatic heterocycles. The Kier molecular flexibility index (Phi) is 4.67. The highest BCUT2D eigenvalue weighted by atomic mass is 32.2. The van der Waals surface area contributed by atoms with Crippen molar-refractivity contribution in [1.82, 2.24) is 4.72 Å². The van der Waals surface area contributed by atoms with E-state index in [1.165, 1.54) is 0 Å². The number of rotatable bonds is 6. The van der Waals surface area contributed by atoms with Gasteiger partial charge < -0.3 is 10.5 Å². The monoisotopic (exact) mass is 298 g/mol. The van der Waals surface area contributed by atoms with Gasteiger partial charge in [-0.1, -0.05) is 12.8 Å². The molecule has 6 heteroatoms. The zero-order valence-corrected chi connectivity index (χ0v) is 12.6. The molecule has 0 spiro atoms. The van der Waals surface area contributed by atoms with Crippen molar-refractivity contribution in [3.05, 3.63) is 24.3 Å². The molecule has 0 heterocycles. The van der Waals surface area contributed by atoms with Crippen LogP contribution >= 0.6 is 0 Å². The van der Waals surface area contributed by atoms with E-state index in [2.05, 4.69) is 4.72 Å². The topological polar surface area (TPSA) is 81.4 Å². The molecule has 1 saturated carbocycles. The average Bonchev–Trinajstić information content (AvgIpc) is 2.95. The number of nitrogens with one attached hydrogen (secondary N) is 1. The summed E-state index contributed by atoms with van der Waals surface area (Å²) in [6.07, 6.45) is 4.24. The smallest absolute Gasteiger partial charge is 0.240 e. The van der Waals surface area contributed by atoms with Crippen molar-refractivity contribution >= 4 is 10.0 Å². The predicted molar refractivity (Wildman–Crippen MR) is 78.1 cm³/mol. The molecule has 3 N–H and O–H groups in total. The summed E-state index contributed by atoms with van der Waals surface area (Å²) in [7, 11) is -1.93. The summed E-state index contributed by atoms with van der Waals surface area (Å²) in [5.74, 6) is 0.637. The maximum Gasteiger partial charge on any atom is 0.240 e. The molecular formula is C14H22N2O3S. The molecular weight excluding hydrogens is 276 g/mol. The number of ether oxygens (including phenoxy) is 1. The summed E-state index contributed by atoms with van der Waals surface area (Å²) < 4.78 is 32.2. The molecule has 0 unspecified atom stereocenters. The lowest BCUT2D eigenvalue weighted by Gasteiger charge is -2.27. The van der Waals surface area contributed by atoms with Crippen LogP contribution in [0.5, 0.6) is 5.75 Å². The van der Waals surface area contributed by atoms with Crippen LogP contribution in [-0.4, -0.2) is 28.6 Å². The summed E-state index contributed by atoms with van der Waals surface area (Å²) >= 11 is 0. The Bertz CT molecular complexity index is 534. The molecule has 112 valence electrons. The van der Waals surface area contributed by atoms with E-state index in [1.54, 1.807) is 31.4 Å². The molecule has 20 heavy (non-hydrogen) atoms. The van der Waals surface area contributed by atoms with Crippen LogP contribution in [0, 0.1) is 5.41 Å². The molecule has 1 aliphatic carbocycles. The predicted octanol–water partition coefficient (Wildman–Crippen LogP) is 1.49. The van der Waals surface area contributed by atoms with Crippen LogP contribution in [0.25, 0.3) is 0 Å². The highest BCUT2D eigenvalue weighted by Crippen LogP contribution is 2.36. The largest absolute Gasteiger partial charge is 0.497 e. The lowest BCUT2D eigenvalue weighted by Crippen LogP contribution is -2.40. The fourth-order valence-corrected chi connectivity index (χ4v) is 3.82. The first-order valence-electron chi connectivity index (χ1n) is 6.85. The van der Waals surface area contributed by atoms with Crippen molar-refractivity contribution < 1.29 is 13.2 Å². The van der Waals surface area contributed by atoms with E-state index in [1.807, 2.05) is 0 Å². The molecule has 1 aliphatic rings. The van der Waals surface area contributed by atoms with Crippen LogP contribution in [0.4, 0.5) is 0 Å². The van der Waals surface area contributed by atoms with Gasteiger partial charge in [-0.05, 0) is 49.1 Å². The Labute approximate surface area is 120 Å². The minimum absolute atomic E-state index is 0.0699. The summed E-state index contributed by atoms with van der Waals surface area (Å²) in [6.45, 7) is 0.940. The van der Waals surface area contributed by atoms with Crippen LogP contribution in [0.1, 0.15) is 25.7 Å². The second-order valence-electron chi connectivity index (χ2n) is 5.41. The number of hydrogen-bond donors (Lipinski definition) is 2. The zero-order valence-electron chi connectivity index (χ0n) is 11.8. The van der Waals surface area contributed by atoms with E-state index < -0.39 is 10.0 Å². The standard InChI is InChI=1S/C14H22N2O3S/c1-19-12-4-6-13(7-5-12)20(17,18)16-11-14(10-15)8-2-3-9-14/h4-7,16H,2-3,8-11,15H2,1H3. The molecule has 0 amide bonds. The van der Waals surface area contributed by atoms with Gasteiger partial charge >= 0.3 is 0 Å². The van der Waals surface area contributed by atoms with E-state index in [9.17, 15) is 8.42 Å². The quantitative estimate of drug-likeness (QED) is 0.834. The number of nitrogens with two attached hydrogens (primary N) is 1. The molecule has 2 rings (SSSR count). The van der Waals surface area contributed by atoms with Gasteiger partial charge in [0.15, 0.2) is 0 Å². The number of methoxy groups -OCH3 is 1. The fourth-order valence-electron chi connectivity index (χ4n) is 2.66. The van der Waals surface area contributed by atoms with Crippen LogP contribution in [0.3, 0.4) is 0 Å². The van der Waals surface area contributed by atoms with Crippen molar-refractivity contribution in [2.45, 2.75) is 30.6 Å². The first-order chi connectivity index (χ1) is 9.51. The molecule has 1 fully saturated rings. The molecule has 1 aromatic rings. The first kappa shape index (κ1) is 15.3. The average molecular weight is 298 g/mol. The molecule has 0 aromatic heterocycles. The molecule has 0 radical (unpaired) electrons. The van der Waals surface area contributed by atoms with Crippen molar-refractivity contribution in [3.63, 3.8) is 0 Å². The van der Waals surface area contributed by atoms with Crippen molar-refractivity contribution in [2.24, 2.45) is 11.1 Å². The highest BCUT2D eigenvalue weighted by molar-refractivity contribution is 7.89. The number of benzene rings is 1. The second kappa shape index (κ2) is 6.11. The molecule has 1 aromatic carbocycles. The van der Waals surface area contributed by atoms with E-state index in [0.717, 1.165) is 25.7 Å². The van der Waals surface area contributed by atoms with Gasteiger partial charge in [0.25, 0.3) is 0 Å². The Morgan fingerprint density at radius 2 is 1.85 bits per heavy atom. The molecule has 5 nitrogen and oxygen atoms in total. The Morgan fingerprint density at radius 1 is 1.25 bits per heavy atom. The van der Waals surface area contributed by atoms with Gasteiger partial charge in [0, 0.05) is 6.54 Å². The minimum atomic E-state index is -3.48. The van der Waals surface area contributed by atoms with E-state index in [-0.39, 0.29) is 10.3 Å². The van der Waals surface area contributed by atoms with Gasteiger partial charge in [-0.3, -0.25) is 0 Å². The molecule has 0 saturated heterocycles. The van der Waals surface area contributed by atoms with Gasteiger partial charge in [-0.2, -0.15) is 0 Å². The van der Waals surface area contributed by atoms with E-state index in [4.69, 9.17) is 10.5 Å². The Balaban J connectivity index is 2.06. The minimum Gasteiger partial charge on any atom is -0.497 e. The van der Waals surface area contributed by atoms with Gasteiger partial charge in [0.2, 0.25) is 10.0 Å². The third-order valence-electron chi connectivity index (χ3n) is 4.10. The lowest BCUT2D eigenvalue weighted by molar-refractivity contribution is 0.309.